The number of aliphatic hydroxyl groups excluding tert-OH is 1. The molecule has 2 rings (SSSR count). The average molecular weight is 366 g/mol. The summed E-state index contributed by atoms with van der Waals surface area (Å²) in [6.45, 7) is 5.76. The normalized spacial score (nSPS) is 17.8. The number of aliphatic hydroxyl groups is 1. The van der Waals surface area contributed by atoms with E-state index < -0.39 is 23.8 Å². The molecule has 2 N–H and O–H groups in total. The Morgan fingerprint density at radius 2 is 1.96 bits per heavy atom. The zero-order valence-corrected chi connectivity index (χ0v) is 15.6. The lowest BCUT2D eigenvalue weighted by Crippen LogP contribution is -2.53. The topological polar surface area (TPSA) is 99.5 Å². The number of rotatable bonds is 3. The van der Waals surface area contributed by atoms with Gasteiger partial charge in [0.2, 0.25) is 0 Å². The van der Waals surface area contributed by atoms with Gasteiger partial charge in [0.15, 0.2) is 0 Å². The monoisotopic (exact) mass is 366 g/mol. The smallest absolute Gasteiger partial charge is 0.410 e. The molecule has 0 radical (unpaired) electrons. The van der Waals surface area contributed by atoms with E-state index in [4.69, 9.17) is 9.47 Å². The summed E-state index contributed by atoms with van der Waals surface area (Å²) in [5.41, 5.74) is 0.686. The fraction of sp³-hybridized carbons (Fsp3) is 0.556. The van der Waals surface area contributed by atoms with Crippen LogP contribution in [0.5, 0.6) is 5.75 Å². The van der Waals surface area contributed by atoms with E-state index in [9.17, 15) is 19.8 Å². The largest absolute Gasteiger partial charge is 0.496 e. The minimum absolute atomic E-state index is 0.135. The van der Waals surface area contributed by atoms with Crippen molar-refractivity contribution in [2.75, 3.05) is 26.7 Å². The van der Waals surface area contributed by atoms with E-state index in [0.29, 0.717) is 11.3 Å². The predicted molar refractivity (Wildman–Crippen MR) is 94.2 cm³/mol. The summed E-state index contributed by atoms with van der Waals surface area (Å²) < 4.78 is 10.8. The molecule has 0 saturated carbocycles. The van der Waals surface area contributed by atoms with Crippen LogP contribution in [0.4, 0.5) is 9.59 Å². The van der Waals surface area contributed by atoms with Crippen molar-refractivity contribution in [2.45, 2.75) is 39.0 Å². The van der Waals surface area contributed by atoms with Gasteiger partial charge in [-0.3, -0.25) is 4.90 Å². The van der Waals surface area contributed by atoms with Gasteiger partial charge in [0, 0.05) is 25.2 Å². The molecular formula is C18H26N2O6. The van der Waals surface area contributed by atoms with E-state index >= 15 is 0 Å². The summed E-state index contributed by atoms with van der Waals surface area (Å²) in [5, 5.41) is 18.7. The first kappa shape index (κ1) is 19.8. The van der Waals surface area contributed by atoms with Crippen LogP contribution >= 0.6 is 0 Å². The Bertz CT molecular complexity index is 670. The Hall–Kier alpha value is -2.48. The van der Waals surface area contributed by atoms with Gasteiger partial charge < -0.3 is 24.6 Å². The Balaban J connectivity index is 2.36. The molecule has 0 spiro atoms. The molecule has 1 aromatic rings. The van der Waals surface area contributed by atoms with Crippen molar-refractivity contribution in [3.8, 4) is 5.75 Å². The van der Waals surface area contributed by atoms with E-state index in [1.54, 1.807) is 39.0 Å². The van der Waals surface area contributed by atoms with Crippen molar-refractivity contribution in [1.82, 2.24) is 9.80 Å². The Morgan fingerprint density at radius 1 is 1.27 bits per heavy atom. The van der Waals surface area contributed by atoms with Gasteiger partial charge in [-0.2, -0.15) is 0 Å². The molecule has 1 atom stereocenters. The summed E-state index contributed by atoms with van der Waals surface area (Å²) in [6.07, 6.45) is -1.52. The maximum absolute atomic E-state index is 12.6. The van der Waals surface area contributed by atoms with Crippen molar-refractivity contribution < 1.29 is 29.3 Å². The van der Waals surface area contributed by atoms with E-state index in [1.165, 1.54) is 16.9 Å². The number of carbonyl (C=O) groups is 2. The molecule has 1 saturated heterocycles. The van der Waals surface area contributed by atoms with Crippen LogP contribution < -0.4 is 4.74 Å². The lowest BCUT2D eigenvalue weighted by Gasteiger charge is -2.41. The van der Waals surface area contributed by atoms with Crippen LogP contribution in [0.25, 0.3) is 0 Å². The number of nitrogens with zero attached hydrogens (tertiary/aromatic N) is 2. The third kappa shape index (κ3) is 4.57. The van der Waals surface area contributed by atoms with E-state index in [-0.39, 0.29) is 26.2 Å². The zero-order chi connectivity index (χ0) is 19.5. The number of hydrogen-bond acceptors (Lipinski definition) is 5. The average Bonchev–Trinajstić information content (AvgIpc) is 2.59. The van der Waals surface area contributed by atoms with E-state index in [2.05, 4.69) is 0 Å². The molecule has 8 nitrogen and oxygen atoms in total. The number of amides is 2. The van der Waals surface area contributed by atoms with Crippen LogP contribution in [0, 0.1) is 0 Å². The molecule has 1 heterocycles. The van der Waals surface area contributed by atoms with Crippen LogP contribution in [-0.4, -0.2) is 64.5 Å². The Kier molecular flexibility index (Phi) is 5.97. The highest BCUT2D eigenvalue weighted by Crippen LogP contribution is 2.31. The summed E-state index contributed by atoms with van der Waals surface area (Å²) in [7, 11) is 1.49. The molecule has 8 heteroatoms. The second kappa shape index (κ2) is 7.82. The van der Waals surface area contributed by atoms with Crippen molar-refractivity contribution in [1.29, 1.82) is 0 Å². The number of carboxylic acid groups (broad SMARTS) is 1. The molecule has 1 aliphatic rings. The van der Waals surface area contributed by atoms with Crippen molar-refractivity contribution in [3.05, 3.63) is 29.3 Å². The fourth-order valence-corrected chi connectivity index (χ4v) is 2.88. The van der Waals surface area contributed by atoms with Gasteiger partial charge in [-0.05, 0) is 32.4 Å². The molecule has 0 aliphatic carbocycles. The van der Waals surface area contributed by atoms with Gasteiger partial charge in [0.25, 0.3) is 0 Å². The quantitative estimate of drug-likeness (QED) is 0.852. The lowest BCUT2D eigenvalue weighted by molar-refractivity contribution is -0.000630. The number of carbonyl (C=O) groups excluding carboxylic acids is 1. The molecule has 1 aliphatic heterocycles. The number of benzene rings is 1. The molecule has 1 unspecified atom stereocenters. The summed E-state index contributed by atoms with van der Waals surface area (Å²) in [4.78, 5) is 26.8. The van der Waals surface area contributed by atoms with Crippen molar-refractivity contribution in [3.63, 3.8) is 0 Å². The first-order valence-electron chi connectivity index (χ1n) is 8.41. The fourth-order valence-electron chi connectivity index (χ4n) is 2.88. The lowest BCUT2D eigenvalue weighted by atomic mass is 10.0. The molecule has 144 valence electrons. The predicted octanol–water partition coefficient (Wildman–Crippen LogP) is 2.46. The number of ether oxygens (including phenoxy) is 2. The van der Waals surface area contributed by atoms with Gasteiger partial charge in [0.1, 0.15) is 11.4 Å². The van der Waals surface area contributed by atoms with E-state index in [1.807, 2.05) is 0 Å². The second-order valence-electron chi connectivity index (χ2n) is 7.15. The highest BCUT2D eigenvalue weighted by molar-refractivity contribution is 5.70. The molecule has 1 fully saturated rings. The highest BCUT2D eigenvalue weighted by Gasteiger charge is 2.36. The van der Waals surface area contributed by atoms with Crippen LogP contribution in [0.2, 0.25) is 0 Å². The van der Waals surface area contributed by atoms with Crippen LogP contribution in [0.1, 0.15) is 37.9 Å². The van der Waals surface area contributed by atoms with Crippen molar-refractivity contribution in [2.24, 2.45) is 0 Å². The summed E-state index contributed by atoms with van der Waals surface area (Å²) in [6, 6.07) is 4.69. The minimum Gasteiger partial charge on any atom is -0.496 e. The van der Waals surface area contributed by atoms with E-state index in [0.717, 1.165) is 5.56 Å². The van der Waals surface area contributed by atoms with Gasteiger partial charge >= 0.3 is 12.2 Å². The molecule has 1 aromatic carbocycles. The SMILES string of the molecule is COc1cc(C2CN(C(=O)O)CCN2C(=O)OC(C)(C)C)ccc1CO. The maximum Gasteiger partial charge on any atom is 0.410 e. The molecule has 2 amide bonds. The summed E-state index contributed by atoms with van der Waals surface area (Å²) in [5.74, 6) is 0.488. The first-order chi connectivity index (χ1) is 12.2. The highest BCUT2D eigenvalue weighted by atomic mass is 16.6. The Morgan fingerprint density at radius 3 is 2.50 bits per heavy atom. The van der Waals surface area contributed by atoms with Crippen molar-refractivity contribution >= 4 is 12.2 Å². The number of piperazine rings is 1. The standard InChI is InChI=1S/C18H26N2O6/c1-18(2,3)26-17(24)20-8-7-19(16(22)23)10-14(20)12-5-6-13(11-21)15(9-12)25-4/h5-6,9,14,21H,7-8,10-11H2,1-4H3,(H,22,23). The van der Waals surface area contributed by atoms with Crippen LogP contribution in [0.3, 0.4) is 0 Å². The van der Waals surface area contributed by atoms with Gasteiger partial charge in [-0.1, -0.05) is 12.1 Å². The third-order valence-electron chi connectivity index (χ3n) is 4.15. The molecule has 0 bridgehead atoms. The Labute approximate surface area is 152 Å². The minimum atomic E-state index is -1.03. The zero-order valence-electron chi connectivity index (χ0n) is 15.6. The molecule has 0 aromatic heterocycles. The van der Waals surface area contributed by atoms with Gasteiger partial charge in [-0.25, -0.2) is 9.59 Å². The second-order valence-corrected chi connectivity index (χ2v) is 7.15. The molecule has 26 heavy (non-hydrogen) atoms. The first-order valence-corrected chi connectivity index (χ1v) is 8.41. The van der Waals surface area contributed by atoms with Crippen LogP contribution in [-0.2, 0) is 11.3 Å². The third-order valence-corrected chi connectivity index (χ3v) is 4.15. The van der Waals surface area contributed by atoms with Crippen LogP contribution in [0.15, 0.2) is 18.2 Å². The molecular weight excluding hydrogens is 340 g/mol. The number of hydrogen-bond donors (Lipinski definition) is 2. The van der Waals surface area contributed by atoms with Gasteiger partial charge in [-0.15, -0.1) is 0 Å². The number of methoxy groups -OCH3 is 1. The van der Waals surface area contributed by atoms with Gasteiger partial charge in [0.05, 0.1) is 19.8 Å². The summed E-state index contributed by atoms with van der Waals surface area (Å²) >= 11 is 0. The maximum atomic E-state index is 12.6.